The third kappa shape index (κ3) is 3.29. The van der Waals surface area contributed by atoms with Crippen LogP contribution in [0.3, 0.4) is 0 Å². The number of rotatable bonds is 4. The van der Waals surface area contributed by atoms with Crippen molar-refractivity contribution in [2.24, 2.45) is 0 Å². The smallest absolute Gasteiger partial charge is 0.271 e. The molecule has 9 heteroatoms. The van der Waals surface area contributed by atoms with Crippen LogP contribution in [0.4, 0.5) is 16.5 Å². The molecule has 0 spiro atoms. The van der Waals surface area contributed by atoms with Crippen molar-refractivity contribution in [3.8, 4) is 0 Å². The van der Waals surface area contributed by atoms with E-state index < -0.39 is 4.92 Å². The molecule has 24 heavy (non-hydrogen) atoms. The molecule has 2 heterocycles. The van der Waals surface area contributed by atoms with E-state index in [9.17, 15) is 10.1 Å². The molecule has 0 bridgehead atoms. The number of hydrogen-bond acceptors (Lipinski definition) is 7. The molecule has 1 saturated heterocycles. The quantitative estimate of drug-likeness (QED) is 0.609. The number of aryl methyl sites for hydroxylation is 2. The number of anilines is 2. The van der Waals surface area contributed by atoms with E-state index in [-0.39, 0.29) is 5.69 Å². The van der Waals surface area contributed by atoms with Gasteiger partial charge in [0.25, 0.3) is 5.69 Å². The molecule has 128 valence electrons. The highest BCUT2D eigenvalue weighted by Gasteiger charge is 2.24. The maximum atomic E-state index is 10.9. The van der Waals surface area contributed by atoms with Crippen LogP contribution in [0.2, 0.25) is 5.02 Å². The van der Waals surface area contributed by atoms with Crippen LogP contribution in [-0.4, -0.2) is 40.5 Å². The van der Waals surface area contributed by atoms with E-state index in [1.807, 2.05) is 13.8 Å². The maximum Gasteiger partial charge on any atom is 0.271 e. The second-order valence-corrected chi connectivity index (χ2v) is 6.81. The minimum atomic E-state index is -0.415. The Morgan fingerprint density at radius 1 is 1.29 bits per heavy atom. The fourth-order valence-corrected chi connectivity index (χ4v) is 4.04. The molecule has 1 fully saturated rings. The first-order valence-corrected chi connectivity index (χ1v) is 8.91. The van der Waals surface area contributed by atoms with Crippen LogP contribution in [0.5, 0.6) is 0 Å². The summed E-state index contributed by atoms with van der Waals surface area (Å²) in [4.78, 5) is 19.5. The minimum Gasteiger partial charge on any atom is -0.367 e. The fourth-order valence-electron chi connectivity index (χ4n) is 2.86. The van der Waals surface area contributed by atoms with Gasteiger partial charge in [0.15, 0.2) is 0 Å². The highest BCUT2D eigenvalue weighted by Crippen LogP contribution is 2.34. The Morgan fingerprint density at radius 3 is 2.50 bits per heavy atom. The second kappa shape index (κ2) is 6.90. The molecule has 7 nitrogen and oxygen atoms in total. The fraction of sp³-hybridized carbons (Fsp3) is 0.467. The summed E-state index contributed by atoms with van der Waals surface area (Å²) in [6.07, 6.45) is 0.841. The van der Waals surface area contributed by atoms with Crippen LogP contribution >= 0.6 is 23.1 Å². The van der Waals surface area contributed by atoms with E-state index in [0.29, 0.717) is 5.02 Å². The second-order valence-electron chi connectivity index (χ2n) is 5.67. The Hall–Kier alpha value is -1.93. The van der Waals surface area contributed by atoms with Crippen LogP contribution in [0.15, 0.2) is 12.1 Å². The number of piperazine rings is 1. The van der Waals surface area contributed by atoms with Crippen molar-refractivity contribution >= 4 is 39.6 Å². The number of nitro benzene ring substituents is 1. The molecule has 1 aliphatic rings. The lowest BCUT2D eigenvalue weighted by molar-refractivity contribution is -0.384. The number of halogens is 1. The van der Waals surface area contributed by atoms with Crippen LogP contribution in [0.1, 0.15) is 18.3 Å². The lowest BCUT2D eigenvalue weighted by atomic mass is 10.1. The average Bonchev–Trinajstić information content (AvgIpc) is 3.04. The molecule has 3 rings (SSSR count). The number of nitrogens with zero attached hydrogens (tertiary/aromatic N) is 5. The molecule has 0 unspecified atom stereocenters. The Balaban J connectivity index is 1.74. The van der Waals surface area contributed by atoms with Gasteiger partial charge in [0, 0.05) is 56.3 Å². The summed E-state index contributed by atoms with van der Waals surface area (Å²) >= 11 is 7.74. The largest absolute Gasteiger partial charge is 0.367 e. The lowest BCUT2D eigenvalue weighted by Crippen LogP contribution is -2.46. The van der Waals surface area contributed by atoms with Gasteiger partial charge in [0.05, 0.1) is 15.6 Å². The summed E-state index contributed by atoms with van der Waals surface area (Å²) in [5.74, 6) is 0.881. The SMILES string of the molecule is CCc1nsc(N2CCN(c3c(C)cc([N+](=O)[O-])cc3Cl)CC2)n1. The molecule has 0 radical (unpaired) electrons. The number of nitro groups is 1. The van der Waals surface area contributed by atoms with Gasteiger partial charge in [-0.1, -0.05) is 18.5 Å². The van der Waals surface area contributed by atoms with E-state index in [1.54, 1.807) is 6.07 Å². The van der Waals surface area contributed by atoms with Crippen LogP contribution in [-0.2, 0) is 6.42 Å². The maximum absolute atomic E-state index is 10.9. The van der Waals surface area contributed by atoms with Crippen molar-refractivity contribution in [2.75, 3.05) is 36.0 Å². The van der Waals surface area contributed by atoms with Gasteiger partial charge in [0.1, 0.15) is 5.82 Å². The topological polar surface area (TPSA) is 75.4 Å². The van der Waals surface area contributed by atoms with Crippen molar-refractivity contribution in [2.45, 2.75) is 20.3 Å². The Bertz CT molecular complexity index is 735. The monoisotopic (exact) mass is 367 g/mol. The predicted molar refractivity (Wildman–Crippen MR) is 96.6 cm³/mol. The average molecular weight is 368 g/mol. The highest BCUT2D eigenvalue weighted by molar-refractivity contribution is 7.09. The summed E-state index contributed by atoms with van der Waals surface area (Å²) in [6, 6.07) is 3.00. The molecular weight excluding hydrogens is 350 g/mol. The summed E-state index contributed by atoms with van der Waals surface area (Å²) < 4.78 is 4.33. The van der Waals surface area contributed by atoms with E-state index in [1.165, 1.54) is 17.6 Å². The summed E-state index contributed by atoms with van der Waals surface area (Å²) in [5, 5.41) is 12.3. The van der Waals surface area contributed by atoms with Gasteiger partial charge in [0.2, 0.25) is 5.13 Å². The van der Waals surface area contributed by atoms with Crippen LogP contribution in [0, 0.1) is 17.0 Å². The third-order valence-corrected chi connectivity index (χ3v) is 5.19. The molecule has 2 aromatic rings. The lowest BCUT2D eigenvalue weighted by Gasteiger charge is -2.36. The van der Waals surface area contributed by atoms with Crippen LogP contribution in [0.25, 0.3) is 0 Å². The van der Waals surface area contributed by atoms with E-state index in [0.717, 1.165) is 54.8 Å². The van der Waals surface area contributed by atoms with Gasteiger partial charge in [-0.3, -0.25) is 10.1 Å². The molecule has 0 atom stereocenters. The van der Waals surface area contributed by atoms with Gasteiger partial charge < -0.3 is 9.80 Å². The summed E-state index contributed by atoms with van der Waals surface area (Å²) in [5.41, 5.74) is 1.74. The zero-order valence-corrected chi connectivity index (χ0v) is 15.1. The van der Waals surface area contributed by atoms with Gasteiger partial charge in [-0.05, 0) is 12.5 Å². The van der Waals surface area contributed by atoms with Crippen molar-refractivity contribution < 1.29 is 4.92 Å². The number of hydrogen-bond donors (Lipinski definition) is 0. The van der Waals surface area contributed by atoms with Gasteiger partial charge in [-0.25, -0.2) is 4.98 Å². The standard InChI is InChI=1S/C15H18ClN5O2S/c1-3-13-17-15(24-18-13)20-6-4-19(5-7-20)14-10(2)8-11(21(22)23)9-12(14)16/h8-9H,3-7H2,1-2H3. The van der Waals surface area contributed by atoms with Crippen molar-refractivity contribution in [3.63, 3.8) is 0 Å². The normalized spacial score (nSPS) is 15.0. The third-order valence-electron chi connectivity index (χ3n) is 4.09. The molecule has 0 saturated carbocycles. The van der Waals surface area contributed by atoms with E-state index >= 15 is 0 Å². The first-order chi connectivity index (χ1) is 11.5. The molecule has 1 aromatic heterocycles. The Kier molecular flexibility index (Phi) is 4.86. The number of benzene rings is 1. The molecule has 1 aliphatic heterocycles. The zero-order valence-electron chi connectivity index (χ0n) is 13.5. The van der Waals surface area contributed by atoms with Gasteiger partial charge in [-0.15, -0.1) is 0 Å². The molecule has 1 aromatic carbocycles. The van der Waals surface area contributed by atoms with Crippen molar-refractivity contribution in [1.82, 2.24) is 9.36 Å². The molecule has 0 aliphatic carbocycles. The minimum absolute atomic E-state index is 0.0286. The first kappa shape index (κ1) is 16.9. The molecule has 0 amide bonds. The van der Waals surface area contributed by atoms with E-state index in [2.05, 4.69) is 19.2 Å². The number of aromatic nitrogens is 2. The van der Waals surface area contributed by atoms with Gasteiger partial charge >= 0.3 is 0 Å². The Labute approximate surface area is 149 Å². The van der Waals surface area contributed by atoms with E-state index in [4.69, 9.17) is 11.6 Å². The predicted octanol–water partition coefficient (Wildman–Crippen LogP) is 3.30. The summed E-state index contributed by atoms with van der Waals surface area (Å²) in [7, 11) is 0. The van der Waals surface area contributed by atoms with Crippen LogP contribution < -0.4 is 9.80 Å². The zero-order chi connectivity index (χ0) is 17.3. The van der Waals surface area contributed by atoms with Crippen molar-refractivity contribution in [3.05, 3.63) is 38.7 Å². The highest BCUT2D eigenvalue weighted by atomic mass is 35.5. The van der Waals surface area contributed by atoms with Crippen molar-refractivity contribution in [1.29, 1.82) is 0 Å². The molecular formula is C15H18ClN5O2S. The van der Waals surface area contributed by atoms with Gasteiger partial charge in [-0.2, -0.15) is 4.37 Å². The molecule has 0 N–H and O–H groups in total. The number of non-ortho nitro benzene ring substituents is 1. The summed E-state index contributed by atoms with van der Waals surface area (Å²) in [6.45, 7) is 7.14. The Morgan fingerprint density at radius 2 is 1.96 bits per heavy atom. The first-order valence-electron chi connectivity index (χ1n) is 7.76.